The van der Waals surface area contributed by atoms with Crippen molar-refractivity contribution in [1.82, 2.24) is 5.32 Å². The lowest BCUT2D eigenvalue weighted by Crippen LogP contribution is -2.36. The van der Waals surface area contributed by atoms with Crippen LogP contribution in [0.1, 0.15) is 64.0 Å². The van der Waals surface area contributed by atoms with Crippen molar-refractivity contribution in [3.8, 4) is 5.75 Å². The van der Waals surface area contributed by atoms with E-state index in [-0.39, 0.29) is 0 Å². The average Bonchev–Trinajstić information content (AvgIpc) is 2.47. The summed E-state index contributed by atoms with van der Waals surface area (Å²) in [7, 11) is 2.09. The summed E-state index contributed by atoms with van der Waals surface area (Å²) in [5.41, 5.74) is 1.78. The van der Waals surface area contributed by atoms with Gasteiger partial charge in [-0.15, -0.1) is 0 Å². The van der Waals surface area contributed by atoms with Gasteiger partial charge in [-0.3, -0.25) is 0 Å². The highest BCUT2D eigenvalue weighted by atomic mass is 16.5. The second kappa shape index (κ2) is 7.12. The summed E-state index contributed by atoms with van der Waals surface area (Å²) in [6.45, 7) is 5.37. The van der Waals surface area contributed by atoms with Gasteiger partial charge >= 0.3 is 0 Å². The second-order valence-corrected chi connectivity index (χ2v) is 6.35. The van der Waals surface area contributed by atoms with Crippen LogP contribution in [0.4, 0.5) is 0 Å². The highest BCUT2D eigenvalue weighted by Crippen LogP contribution is 2.45. The van der Waals surface area contributed by atoms with Gasteiger partial charge in [-0.25, -0.2) is 0 Å². The lowest BCUT2D eigenvalue weighted by Gasteiger charge is -2.41. The number of rotatable bonds is 6. The van der Waals surface area contributed by atoms with Gasteiger partial charge in [0.25, 0.3) is 0 Å². The molecule has 1 aromatic rings. The van der Waals surface area contributed by atoms with Gasteiger partial charge in [-0.2, -0.15) is 0 Å². The molecule has 1 saturated carbocycles. The minimum Gasteiger partial charge on any atom is -0.494 e. The van der Waals surface area contributed by atoms with E-state index in [0.29, 0.717) is 11.5 Å². The van der Waals surface area contributed by atoms with Crippen LogP contribution in [0.15, 0.2) is 24.3 Å². The van der Waals surface area contributed by atoms with Crippen LogP contribution in [0.2, 0.25) is 0 Å². The number of hydrogen-bond acceptors (Lipinski definition) is 2. The van der Waals surface area contributed by atoms with Crippen LogP contribution < -0.4 is 10.1 Å². The first-order valence-electron chi connectivity index (χ1n) is 8.09. The first-order valence-corrected chi connectivity index (χ1v) is 8.09. The maximum Gasteiger partial charge on any atom is 0.119 e. The van der Waals surface area contributed by atoms with Crippen LogP contribution in [-0.2, 0) is 0 Å². The Balaban J connectivity index is 2.10. The van der Waals surface area contributed by atoms with Crippen molar-refractivity contribution in [3.63, 3.8) is 0 Å². The van der Waals surface area contributed by atoms with Crippen LogP contribution in [0.25, 0.3) is 0 Å². The van der Waals surface area contributed by atoms with Crippen molar-refractivity contribution in [1.29, 1.82) is 0 Å². The molecule has 2 heteroatoms. The SMILES string of the molecule is CCCOc1ccc(C(NC)C2(C)CCCCC2)cc1. The van der Waals surface area contributed by atoms with Gasteiger partial charge in [-0.05, 0) is 49.4 Å². The zero-order valence-electron chi connectivity index (χ0n) is 13.2. The molecule has 20 heavy (non-hydrogen) atoms. The Morgan fingerprint density at radius 3 is 2.35 bits per heavy atom. The van der Waals surface area contributed by atoms with Crippen molar-refractivity contribution in [2.24, 2.45) is 5.41 Å². The van der Waals surface area contributed by atoms with Crippen molar-refractivity contribution >= 4 is 0 Å². The molecule has 0 saturated heterocycles. The summed E-state index contributed by atoms with van der Waals surface area (Å²) >= 11 is 0. The Bertz CT molecular complexity index is 392. The Labute approximate surface area is 123 Å². The first-order chi connectivity index (χ1) is 9.69. The van der Waals surface area contributed by atoms with Gasteiger partial charge in [0.1, 0.15) is 5.75 Å². The molecule has 1 atom stereocenters. The Kier molecular flexibility index (Phi) is 5.47. The van der Waals surface area contributed by atoms with E-state index in [1.807, 2.05) is 0 Å². The van der Waals surface area contributed by atoms with Crippen LogP contribution in [0, 0.1) is 5.41 Å². The van der Waals surface area contributed by atoms with E-state index in [1.54, 1.807) is 0 Å². The third-order valence-electron chi connectivity index (χ3n) is 4.67. The molecule has 1 unspecified atom stereocenters. The van der Waals surface area contributed by atoms with Crippen LogP contribution in [0.5, 0.6) is 5.75 Å². The van der Waals surface area contributed by atoms with Crippen molar-refractivity contribution in [3.05, 3.63) is 29.8 Å². The third-order valence-corrected chi connectivity index (χ3v) is 4.67. The molecule has 2 nitrogen and oxygen atoms in total. The van der Waals surface area contributed by atoms with E-state index in [9.17, 15) is 0 Å². The fraction of sp³-hybridized carbons (Fsp3) is 0.667. The zero-order valence-corrected chi connectivity index (χ0v) is 13.2. The predicted octanol–water partition coefficient (Wildman–Crippen LogP) is 4.71. The molecular weight excluding hydrogens is 246 g/mol. The zero-order chi connectivity index (χ0) is 14.4. The van der Waals surface area contributed by atoms with E-state index in [2.05, 4.69) is 50.5 Å². The highest BCUT2D eigenvalue weighted by molar-refractivity contribution is 5.30. The monoisotopic (exact) mass is 275 g/mol. The van der Waals surface area contributed by atoms with Gasteiger partial charge in [0, 0.05) is 6.04 Å². The summed E-state index contributed by atoms with van der Waals surface area (Å²) in [6, 6.07) is 9.13. The molecule has 0 amide bonds. The number of ether oxygens (including phenoxy) is 1. The van der Waals surface area contributed by atoms with Crippen molar-refractivity contribution in [2.75, 3.05) is 13.7 Å². The summed E-state index contributed by atoms with van der Waals surface area (Å²) in [5, 5.41) is 3.55. The number of benzene rings is 1. The first kappa shape index (κ1) is 15.4. The average molecular weight is 275 g/mol. The smallest absolute Gasteiger partial charge is 0.119 e. The van der Waals surface area contributed by atoms with E-state index < -0.39 is 0 Å². The number of nitrogens with one attached hydrogen (secondary N) is 1. The Morgan fingerprint density at radius 2 is 1.80 bits per heavy atom. The van der Waals surface area contributed by atoms with Crippen LogP contribution in [-0.4, -0.2) is 13.7 Å². The molecule has 0 heterocycles. The molecule has 0 aromatic heterocycles. The standard InChI is InChI=1S/C18H29NO/c1-4-14-20-16-10-8-15(9-11-16)17(19-3)18(2)12-6-5-7-13-18/h8-11,17,19H,4-7,12-14H2,1-3H3. The fourth-order valence-corrected chi connectivity index (χ4v) is 3.54. The largest absolute Gasteiger partial charge is 0.494 e. The normalized spacial score (nSPS) is 19.6. The summed E-state index contributed by atoms with van der Waals surface area (Å²) in [6.07, 6.45) is 7.84. The summed E-state index contributed by atoms with van der Waals surface area (Å²) < 4.78 is 5.67. The van der Waals surface area contributed by atoms with Gasteiger partial charge in [0.2, 0.25) is 0 Å². The molecule has 1 aliphatic carbocycles. The van der Waals surface area contributed by atoms with E-state index >= 15 is 0 Å². The Hall–Kier alpha value is -1.02. The predicted molar refractivity (Wildman–Crippen MR) is 85.2 cm³/mol. The maximum atomic E-state index is 5.67. The van der Waals surface area contributed by atoms with Crippen molar-refractivity contribution < 1.29 is 4.74 Å². The van der Waals surface area contributed by atoms with E-state index in [1.165, 1.54) is 37.7 Å². The summed E-state index contributed by atoms with van der Waals surface area (Å²) in [5.74, 6) is 0.985. The molecular formula is C18H29NO. The third kappa shape index (κ3) is 3.54. The topological polar surface area (TPSA) is 21.3 Å². The Morgan fingerprint density at radius 1 is 1.15 bits per heavy atom. The maximum absolute atomic E-state index is 5.67. The number of hydrogen-bond donors (Lipinski definition) is 1. The minimum atomic E-state index is 0.388. The highest BCUT2D eigenvalue weighted by Gasteiger charge is 2.35. The van der Waals surface area contributed by atoms with Gasteiger partial charge < -0.3 is 10.1 Å². The van der Waals surface area contributed by atoms with Crippen LogP contribution >= 0.6 is 0 Å². The molecule has 0 aliphatic heterocycles. The van der Waals surface area contributed by atoms with E-state index in [4.69, 9.17) is 4.74 Å². The molecule has 0 spiro atoms. The molecule has 0 bridgehead atoms. The molecule has 112 valence electrons. The van der Waals surface area contributed by atoms with E-state index in [0.717, 1.165) is 18.8 Å². The lowest BCUT2D eigenvalue weighted by atomic mass is 9.68. The quantitative estimate of drug-likeness (QED) is 0.812. The molecule has 2 rings (SSSR count). The van der Waals surface area contributed by atoms with Crippen LogP contribution in [0.3, 0.4) is 0 Å². The fourth-order valence-electron chi connectivity index (χ4n) is 3.54. The van der Waals surface area contributed by atoms with Gasteiger partial charge in [-0.1, -0.05) is 45.2 Å². The summed E-state index contributed by atoms with van der Waals surface area (Å²) in [4.78, 5) is 0. The van der Waals surface area contributed by atoms with Gasteiger partial charge in [0.15, 0.2) is 0 Å². The molecule has 1 N–H and O–H groups in total. The second-order valence-electron chi connectivity index (χ2n) is 6.35. The minimum absolute atomic E-state index is 0.388. The van der Waals surface area contributed by atoms with Gasteiger partial charge in [0.05, 0.1) is 6.61 Å². The molecule has 0 radical (unpaired) electrons. The molecule has 1 fully saturated rings. The van der Waals surface area contributed by atoms with Crippen molar-refractivity contribution in [2.45, 2.75) is 58.4 Å². The molecule has 1 aliphatic rings. The molecule has 1 aromatic carbocycles. The lowest BCUT2D eigenvalue weighted by molar-refractivity contribution is 0.150.